The van der Waals surface area contributed by atoms with Crippen LogP contribution in [0.2, 0.25) is 0 Å². The lowest BCUT2D eigenvalue weighted by Crippen LogP contribution is -2.63. The highest BCUT2D eigenvalue weighted by Crippen LogP contribution is 2.43. The van der Waals surface area contributed by atoms with Crippen molar-refractivity contribution in [2.24, 2.45) is 0 Å². The number of para-hydroxylation sites is 1. The van der Waals surface area contributed by atoms with Gasteiger partial charge in [-0.3, -0.25) is 24.1 Å². The summed E-state index contributed by atoms with van der Waals surface area (Å²) in [6.07, 6.45) is 2.21. The number of carbonyl (C=O) groups excluding carboxylic acids is 4. The molecule has 5 rings (SSSR count). The predicted octanol–water partition coefficient (Wildman–Crippen LogP) is 3.15. The van der Waals surface area contributed by atoms with Crippen LogP contribution in [0.15, 0.2) is 71.3 Å². The van der Waals surface area contributed by atoms with Crippen LogP contribution >= 0.6 is 0 Å². The number of rotatable bonds is 6. The van der Waals surface area contributed by atoms with Crippen LogP contribution < -0.4 is 15.5 Å². The number of anilines is 2. The molecular formula is C26H24N4O5. The predicted molar refractivity (Wildman–Crippen MR) is 128 cm³/mol. The fourth-order valence-corrected chi connectivity index (χ4v) is 4.65. The standard InChI is InChI=1S/C26H24N4O5/c1-26-13-12-23(32)30(26)20-6-3-2-5-19(20)25(34)29(26)16-22(31)27-15-17-8-10-18(11-9-17)28-24(33)21-7-4-14-35-21/h2-11,14H,12-13,15-16H2,1H3,(H,27,31)(H,28,33). The zero-order valence-corrected chi connectivity index (χ0v) is 19.1. The maximum Gasteiger partial charge on any atom is 0.291 e. The van der Waals surface area contributed by atoms with Crippen LogP contribution in [0.3, 0.4) is 0 Å². The summed E-state index contributed by atoms with van der Waals surface area (Å²) in [5, 5.41) is 5.58. The highest BCUT2D eigenvalue weighted by molar-refractivity contribution is 6.11. The Kier molecular flexibility index (Phi) is 5.60. The van der Waals surface area contributed by atoms with Crippen LogP contribution in [0.5, 0.6) is 0 Å². The van der Waals surface area contributed by atoms with Crippen LogP contribution in [0.4, 0.5) is 11.4 Å². The lowest BCUT2D eigenvalue weighted by molar-refractivity contribution is -0.124. The molecule has 3 heterocycles. The summed E-state index contributed by atoms with van der Waals surface area (Å²) in [6, 6.07) is 17.3. The van der Waals surface area contributed by atoms with Gasteiger partial charge in [0.2, 0.25) is 11.8 Å². The smallest absolute Gasteiger partial charge is 0.291 e. The van der Waals surface area contributed by atoms with Gasteiger partial charge in [0.15, 0.2) is 5.76 Å². The molecule has 1 saturated heterocycles. The minimum atomic E-state index is -0.881. The topological polar surface area (TPSA) is 112 Å². The van der Waals surface area contributed by atoms with Crippen molar-refractivity contribution in [3.8, 4) is 0 Å². The number of fused-ring (bicyclic) bond motifs is 3. The van der Waals surface area contributed by atoms with E-state index in [-0.39, 0.29) is 42.5 Å². The highest BCUT2D eigenvalue weighted by atomic mass is 16.3. The maximum absolute atomic E-state index is 13.3. The van der Waals surface area contributed by atoms with Gasteiger partial charge in [0.05, 0.1) is 17.5 Å². The van der Waals surface area contributed by atoms with Crippen LogP contribution in [-0.2, 0) is 16.1 Å². The fourth-order valence-electron chi connectivity index (χ4n) is 4.65. The van der Waals surface area contributed by atoms with E-state index >= 15 is 0 Å². The van der Waals surface area contributed by atoms with Gasteiger partial charge in [-0.2, -0.15) is 0 Å². The average molecular weight is 473 g/mol. The molecular weight excluding hydrogens is 448 g/mol. The van der Waals surface area contributed by atoms with Crippen LogP contribution in [0.25, 0.3) is 0 Å². The van der Waals surface area contributed by atoms with Gasteiger partial charge in [-0.25, -0.2) is 0 Å². The molecule has 0 spiro atoms. The molecule has 2 aliphatic rings. The SMILES string of the molecule is CC12CCC(=O)N1c1ccccc1C(=O)N2CC(=O)NCc1ccc(NC(=O)c2ccco2)cc1. The molecule has 2 aliphatic heterocycles. The first-order valence-corrected chi connectivity index (χ1v) is 11.3. The van der Waals surface area contributed by atoms with Crippen LogP contribution in [0, 0.1) is 0 Å². The minimum Gasteiger partial charge on any atom is -0.459 e. The Morgan fingerprint density at radius 1 is 1.03 bits per heavy atom. The molecule has 0 saturated carbocycles. The van der Waals surface area contributed by atoms with Gasteiger partial charge in [-0.1, -0.05) is 24.3 Å². The van der Waals surface area contributed by atoms with Crippen molar-refractivity contribution in [2.45, 2.75) is 32.0 Å². The Morgan fingerprint density at radius 2 is 1.80 bits per heavy atom. The average Bonchev–Trinajstić information content (AvgIpc) is 3.50. The summed E-state index contributed by atoms with van der Waals surface area (Å²) in [6.45, 7) is 1.92. The molecule has 178 valence electrons. The normalized spacial score (nSPS) is 18.8. The Hall–Kier alpha value is -4.40. The van der Waals surface area contributed by atoms with E-state index in [1.165, 1.54) is 11.2 Å². The van der Waals surface area contributed by atoms with Crippen molar-refractivity contribution >= 4 is 35.0 Å². The van der Waals surface area contributed by atoms with E-state index in [0.717, 1.165) is 5.56 Å². The van der Waals surface area contributed by atoms with E-state index in [4.69, 9.17) is 4.42 Å². The van der Waals surface area contributed by atoms with Gasteiger partial charge in [-0.15, -0.1) is 0 Å². The van der Waals surface area contributed by atoms with Crippen LogP contribution in [0.1, 0.15) is 46.2 Å². The maximum atomic E-state index is 13.3. The second-order valence-electron chi connectivity index (χ2n) is 8.76. The van der Waals surface area contributed by atoms with Gasteiger partial charge in [0, 0.05) is 18.7 Å². The lowest BCUT2D eigenvalue weighted by atomic mass is 9.98. The third-order valence-corrected chi connectivity index (χ3v) is 6.49. The van der Waals surface area contributed by atoms with E-state index in [9.17, 15) is 19.2 Å². The number of furan rings is 1. The first-order valence-electron chi connectivity index (χ1n) is 11.3. The highest BCUT2D eigenvalue weighted by Gasteiger charge is 2.53. The number of benzene rings is 2. The molecule has 2 aromatic carbocycles. The van der Waals surface area contributed by atoms with Crippen molar-refractivity contribution in [3.63, 3.8) is 0 Å². The molecule has 1 aromatic heterocycles. The zero-order chi connectivity index (χ0) is 24.6. The van der Waals surface area contributed by atoms with E-state index < -0.39 is 5.66 Å². The van der Waals surface area contributed by atoms with Crippen molar-refractivity contribution < 1.29 is 23.6 Å². The molecule has 0 aliphatic carbocycles. The number of hydrogen-bond donors (Lipinski definition) is 2. The minimum absolute atomic E-state index is 0.0583. The van der Waals surface area contributed by atoms with E-state index in [1.807, 2.05) is 6.92 Å². The van der Waals surface area contributed by atoms with Crippen molar-refractivity contribution in [1.29, 1.82) is 0 Å². The van der Waals surface area contributed by atoms with E-state index in [2.05, 4.69) is 10.6 Å². The monoisotopic (exact) mass is 472 g/mol. The Labute approximate surface area is 201 Å². The molecule has 4 amide bonds. The van der Waals surface area contributed by atoms with Crippen LogP contribution in [-0.4, -0.2) is 40.7 Å². The number of nitrogens with zero attached hydrogens (tertiary/aromatic N) is 2. The van der Waals surface area contributed by atoms with Crippen molar-refractivity contribution in [2.75, 3.05) is 16.8 Å². The summed E-state index contributed by atoms with van der Waals surface area (Å²) < 4.78 is 5.08. The zero-order valence-electron chi connectivity index (χ0n) is 19.1. The fraction of sp³-hybridized carbons (Fsp3) is 0.231. The molecule has 2 N–H and O–H groups in total. The quantitative estimate of drug-likeness (QED) is 0.573. The van der Waals surface area contributed by atoms with Gasteiger partial charge in [0.1, 0.15) is 12.2 Å². The molecule has 9 nitrogen and oxygen atoms in total. The Morgan fingerprint density at radius 3 is 2.54 bits per heavy atom. The molecule has 0 bridgehead atoms. The number of hydrogen-bond acceptors (Lipinski definition) is 5. The van der Waals surface area contributed by atoms with Gasteiger partial charge < -0.3 is 20.0 Å². The number of carbonyl (C=O) groups is 4. The lowest BCUT2D eigenvalue weighted by Gasteiger charge is -2.48. The van der Waals surface area contributed by atoms with Gasteiger partial charge >= 0.3 is 0 Å². The molecule has 1 atom stereocenters. The second kappa shape index (κ2) is 8.75. The second-order valence-corrected chi connectivity index (χ2v) is 8.76. The van der Waals surface area contributed by atoms with Crippen molar-refractivity contribution in [1.82, 2.24) is 10.2 Å². The molecule has 35 heavy (non-hydrogen) atoms. The third-order valence-electron chi connectivity index (χ3n) is 6.49. The molecule has 1 unspecified atom stereocenters. The Bertz CT molecular complexity index is 1300. The molecule has 0 radical (unpaired) electrons. The van der Waals surface area contributed by atoms with Gasteiger partial charge in [0.25, 0.3) is 11.8 Å². The first-order chi connectivity index (χ1) is 16.9. The van der Waals surface area contributed by atoms with E-state index in [1.54, 1.807) is 65.6 Å². The first kappa shape index (κ1) is 22.4. The summed E-state index contributed by atoms with van der Waals surface area (Å²) in [7, 11) is 0. The number of nitrogens with one attached hydrogen (secondary N) is 2. The van der Waals surface area contributed by atoms with E-state index in [0.29, 0.717) is 29.8 Å². The Balaban J connectivity index is 1.23. The largest absolute Gasteiger partial charge is 0.459 e. The summed E-state index contributed by atoms with van der Waals surface area (Å²) in [5.74, 6) is -0.782. The van der Waals surface area contributed by atoms with Gasteiger partial charge in [-0.05, 0) is 55.3 Å². The molecule has 9 heteroatoms. The summed E-state index contributed by atoms with van der Waals surface area (Å²) >= 11 is 0. The third kappa shape index (κ3) is 4.05. The molecule has 1 fully saturated rings. The summed E-state index contributed by atoms with van der Waals surface area (Å²) in [5.41, 5.74) is 1.55. The molecule has 3 aromatic rings. The number of amides is 4. The van der Waals surface area contributed by atoms with Crippen molar-refractivity contribution in [3.05, 3.63) is 83.8 Å². The summed E-state index contributed by atoms with van der Waals surface area (Å²) in [4.78, 5) is 53.9.